The minimum absolute atomic E-state index is 0.782. The Hall–Kier alpha value is -0.850. The van der Waals surface area contributed by atoms with Gasteiger partial charge in [0.05, 0.1) is 0 Å². The summed E-state index contributed by atoms with van der Waals surface area (Å²) in [5.74, 6) is 1.72. The molecule has 70 valence electrons. The fourth-order valence-electron chi connectivity index (χ4n) is 2.21. The molecule has 0 spiro atoms. The largest absolute Gasteiger partial charge is 0.264 e. The van der Waals surface area contributed by atoms with E-state index in [2.05, 4.69) is 18.0 Å². The zero-order chi connectivity index (χ0) is 9.10. The smallest absolute Gasteiger partial charge is 0.0302 e. The summed E-state index contributed by atoms with van der Waals surface area (Å²) < 4.78 is 0. The van der Waals surface area contributed by atoms with E-state index in [1.165, 1.54) is 31.2 Å². The zero-order valence-corrected chi connectivity index (χ0v) is 8.24. The van der Waals surface area contributed by atoms with E-state index < -0.39 is 0 Å². The minimum atomic E-state index is 0.782. The molecule has 1 aromatic rings. The summed E-state index contributed by atoms with van der Waals surface area (Å²) in [6.07, 6.45) is 9.37. The van der Waals surface area contributed by atoms with Gasteiger partial charge >= 0.3 is 0 Å². The standard InChI is InChI=1S/C12H17N/c1-10-4-6-11(7-5-10)12-3-2-8-13-9-12/h2-3,8-11H,4-7H2,1H3. The summed E-state index contributed by atoms with van der Waals surface area (Å²) in [7, 11) is 0. The summed E-state index contributed by atoms with van der Waals surface area (Å²) in [6, 6.07) is 4.26. The predicted molar refractivity (Wildman–Crippen MR) is 54.6 cm³/mol. The van der Waals surface area contributed by atoms with Gasteiger partial charge in [-0.25, -0.2) is 0 Å². The van der Waals surface area contributed by atoms with E-state index in [0.29, 0.717) is 0 Å². The molecule has 0 saturated heterocycles. The van der Waals surface area contributed by atoms with Crippen LogP contribution in [0.4, 0.5) is 0 Å². The molecule has 1 heteroatoms. The van der Waals surface area contributed by atoms with Crippen molar-refractivity contribution in [3.63, 3.8) is 0 Å². The van der Waals surface area contributed by atoms with Gasteiger partial charge in [0.1, 0.15) is 0 Å². The third-order valence-electron chi connectivity index (χ3n) is 3.17. The first kappa shape index (κ1) is 8.74. The molecule has 0 aliphatic heterocycles. The monoisotopic (exact) mass is 175 g/mol. The van der Waals surface area contributed by atoms with Gasteiger partial charge < -0.3 is 0 Å². The van der Waals surface area contributed by atoms with Crippen LogP contribution in [-0.4, -0.2) is 4.98 Å². The molecule has 1 fully saturated rings. The lowest BCUT2D eigenvalue weighted by Gasteiger charge is -2.26. The molecule has 13 heavy (non-hydrogen) atoms. The predicted octanol–water partition coefficient (Wildman–Crippen LogP) is 3.38. The minimum Gasteiger partial charge on any atom is -0.264 e. The van der Waals surface area contributed by atoms with Crippen molar-refractivity contribution >= 4 is 0 Å². The zero-order valence-electron chi connectivity index (χ0n) is 8.24. The van der Waals surface area contributed by atoms with Crippen molar-refractivity contribution in [2.45, 2.75) is 38.5 Å². The third-order valence-corrected chi connectivity index (χ3v) is 3.17. The quantitative estimate of drug-likeness (QED) is 0.637. The molecule has 1 aliphatic rings. The lowest BCUT2D eigenvalue weighted by Crippen LogP contribution is -2.10. The van der Waals surface area contributed by atoms with Gasteiger partial charge in [0.2, 0.25) is 0 Å². The Bertz CT molecular complexity index is 247. The number of rotatable bonds is 1. The van der Waals surface area contributed by atoms with Crippen LogP contribution in [0.15, 0.2) is 24.5 Å². The van der Waals surface area contributed by atoms with Gasteiger partial charge in [-0.15, -0.1) is 0 Å². The van der Waals surface area contributed by atoms with Crippen LogP contribution in [0.2, 0.25) is 0 Å². The lowest BCUT2D eigenvalue weighted by molar-refractivity contribution is 0.347. The van der Waals surface area contributed by atoms with Crippen LogP contribution >= 0.6 is 0 Å². The van der Waals surface area contributed by atoms with Crippen LogP contribution in [-0.2, 0) is 0 Å². The lowest BCUT2D eigenvalue weighted by atomic mass is 9.80. The normalized spacial score (nSPS) is 28.7. The molecule has 0 amide bonds. The van der Waals surface area contributed by atoms with Gasteiger partial charge in [-0.05, 0) is 36.3 Å². The van der Waals surface area contributed by atoms with E-state index in [0.717, 1.165) is 11.8 Å². The molecule has 1 saturated carbocycles. The van der Waals surface area contributed by atoms with Gasteiger partial charge in [-0.1, -0.05) is 25.8 Å². The summed E-state index contributed by atoms with van der Waals surface area (Å²) >= 11 is 0. The molecule has 2 rings (SSSR count). The average Bonchev–Trinajstić information content (AvgIpc) is 2.20. The van der Waals surface area contributed by atoms with Gasteiger partial charge in [-0.2, -0.15) is 0 Å². The Morgan fingerprint density at radius 3 is 2.62 bits per heavy atom. The van der Waals surface area contributed by atoms with Crippen LogP contribution < -0.4 is 0 Å². The van der Waals surface area contributed by atoms with Crippen molar-refractivity contribution in [1.82, 2.24) is 4.98 Å². The summed E-state index contributed by atoms with van der Waals surface area (Å²) in [5.41, 5.74) is 1.44. The Kier molecular flexibility index (Phi) is 2.62. The molecule has 0 bridgehead atoms. The topological polar surface area (TPSA) is 12.9 Å². The molecule has 0 radical (unpaired) electrons. The fraction of sp³-hybridized carbons (Fsp3) is 0.583. The molecule has 1 aliphatic carbocycles. The van der Waals surface area contributed by atoms with Crippen LogP contribution in [0.25, 0.3) is 0 Å². The highest BCUT2D eigenvalue weighted by Crippen LogP contribution is 2.34. The first-order chi connectivity index (χ1) is 6.36. The Morgan fingerprint density at radius 1 is 1.23 bits per heavy atom. The number of nitrogens with zero attached hydrogens (tertiary/aromatic N) is 1. The number of aromatic nitrogens is 1. The van der Waals surface area contributed by atoms with Crippen molar-refractivity contribution in [3.8, 4) is 0 Å². The van der Waals surface area contributed by atoms with Crippen LogP contribution in [0.5, 0.6) is 0 Å². The maximum Gasteiger partial charge on any atom is 0.0302 e. The molecule has 1 heterocycles. The van der Waals surface area contributed by atoms with Gasteiger partial charge in [-0.3, -0.25) is 4.98 Å². The first-order valence-corrected chi connectivity index (χ1v) is 5.26. The highest BCUT2D eigenvalue weighted by Gasteiger charge is 2.19. The first-order valence-electron chi connectivity index (χ1n) is 5.26. The molecule has 1 nitrogen and oxygen atoms in total. The Morgan fingerprint density at radius 2 is 2.00 bits per heavy atom. The second-order valence-corrected chi connectivity index (χ2v) is 4.24. The molecule has 1 aromatic heterocycles. The maximum atomic E-state index is 4.18. The van der Waals surface area contributed by atoms with Crippen LogP contribution in [0.1, 0.15) is 44.1 Å². The van der Waals surface area contributed by atoms with E-state index in [1.54, 1.807) is 0 Å². The van der Waals surface area contributed by atoms with E-state index >= 15 is 0 Å². The van der Waals surface area contributed by atoms with Gasteiger partial charge in [0, 0.05) is 12.4 Å². The molecular formula is C12H17N. The maximum absolute atomic E-state index is 4.18. The second-order valence-electron chi connectivity index (χ2n) is 4.24. The second kappa shape index (κ2) is 3.91. The van der Waals surface area contributed by atoms with Gasteiger partial charge in [0.25, 0.3) is 0 Å². The highest BCUT2D eigenvalue weighted by molar-refractivity contribution is 5.15. The summed E-state index contributed by atoms with van der Waals surface area (Å²) in [4.78, 5) is 4.18. The Labute approximate surface area is 80.2 Å². The Balaban J connectivity index is 2.03. The number of pyridine rings is 1. The molecule has 0 N–H and O–H groups in total. The van der Waals surface area contributed by atoms with E-state index in [9.17, 15) is 0 Å². The van der Waals surface area contributed by atoms with Crippen molar-refractivity contribution in [3.05, 3.63) is 30.1 Å². The van der Waals surface area contributed by atoms with Crippen LogP contribution in [0.3, 0.4) is 0 Å². The van der Waals surface area contributed by atoms with Crippen molar-refractivity contribution in [2.24, 2.45) is 5.92 Å². The number of hydrogen-bond donors (Lipinski definition) is 0. The van der Waals surface area contributed by atoms with Crippen molar-refractivity contribution in [1.29, 1.82) is 0 Å². The SMILES string of the molecule is CC1CCC(c2cccnc2)CC1. The van der Waals surface area contributed by atoms with Crippen molar-refractivity contribution < 1.29 is 0 Å². The highest BCUT2D eigenvalue weighted by atomic mass is 14.6. The summed E-state index contributed by atoms with van der Waals surface area (Å²) in [6.45, 7) is 2.36. The van der Waals surface area contributed by atoms with Gasteiger partial charge in [0.15, 0.2) is 0 Å². The fourth-order valence-corrected chi connectivity index (χ4v) is 2.21. The molecule has 0 unspecified atom stereocenters. The van der Waals surface area contributed by atoms with E-state index in [-0.39, 0.29) is 0 Å². The third kappa shape index (κ3) is 2.09. The summed E-state index contributed by atoms with van der Waals surface area (Å²) in [5, 5.41) is 0. The molecule has 0 atom stereocenters. The van der Waals surface area contributed by atoms with Crippen molar-refractivity contribution in [2.75, 3.05) is 0 Å². The number of hydrogen-bond acceptors (Lipinski definition) is 1. The van der Waals surface area contributed by atoms with Crippen LogP contribution in [0, 0.1) is 5.92 Å². The molecule has 0 aromatic carbocycles. The average molecular weight is 175 g/mol. The van der Waals surface area contributed by atoms with E-state index in [4.69, 9.17) is 0 Å². The van der Waals surface area contributed by atoms with E-state index in [1.807, 2.05) is 18.5 Å². The molecular weight excluding hydrogens is 158 g/mol.